The summed E-state index contributed by atoms with van der Waals surface area (Å²) in [5, 5.41) is 2.65. The first-order chi connectivity index (χ1) is 30.3. The van der Waals surface area contributed by atoms with Crippen molar-refractivity contribution in [1.29, 1.82) is 0 Å². The first-order valence-electron chi connectivity index (χ1n) is 22.6. The van der Waals surface area contributed by atoms with E-state index in [0.29, 0.717) is 0 Å². The van der Waals surface area contributed by atoms with Crippen LogP contribution < -0.4 is 9.80 Å². The van der Waals surface area contributed by atoms with Crippen molar-refractivity contribution < 1.29 is 0 Å². The summed E-state index contributed by atoms with van der Waals surface area (Å²) in [7, 11) is 0. The zero-order valence-electron chi connectivity index (χ0n) is 37.3. The van der Waals surface area contributed by atoms with Crippen molar-refractivity contribution in [1.82, 2.24) is 0 Å². The van der Waals surface area contributed by atoms with Crippen LogP contribution in [0.25, 0.3) is 42.4 Å². The lowest BCUT2D eigenvalue weighted by Crippen LogP contribution is -2.38. The van der Waals surface area contributed by atoms with Gasteiger partial charge in [0.15, 0.2) is 0 Å². The molecule has 0 radical (unpaired) electrons. The number of rotatable bonds is 2. The number of anilines is 6. The Labute approximate surface area is 375 Å². The molecule has 4 aliphatic rings. The molecule has 306 valence electrons. The highest BCUT2D eigenvalue weighted by atomic mass is 32.1. The Morgan fingerprint density at radius 1 is 0.302 bits per heavy atom. The minimum atomic E-state index is -0.178. The summed E-state index contributed by atoms with van der Waals surface area (Å²) >= 11 is 1.90. The molecule has 0 aliphatic carbocycles. The molecule has 0 saturated carbocycles. The van der Waals surface area contributed by atoms with Crippen LogP contribution in [0.3, 0.4) is 0 Å². The molecule has 0 saturated heterocycles. The molecular formula is C60H50N2S. The van der Waals surface area contributed by atoms with Gasteiger partial charge in [0.25, 0.3) is 0 Å². The van der Waals surface area contributed by atoms with E-state index in [0.717, 1.165) is 0 Å². The van der Waals surface area contributed by atoms with Gasteiger partial charge >= 0.3 is 0 Å². The van der Waals surface area contributed by atoms with Crippen LogP contribution in [-0.4, -0.2) is 0 Å². The van der Waals surface area contributed by atoms with E-state index in [2.05, 4.69) is 223 Å². The molecule has 0 amide bonds. The summed E-state index contributed by atoms with van der Waals surface area (Å²) < 4.78 is 2.65. The van der Waals surface area contributed by atoms with E-state index in [9.17, 15) is 0 Å². The predicted octanol–water partition coefficient (Wildman–Crippen LogP) is 16.9. The number of fused-ring (bicyclic) bond motifs is 11. The molecule has 13 rings (SSSR count). The molecule has 4 aliphatic heterocycles. The monoisotopic (exact) mass is 830 g/mol. The fraction of sp³-hybridized carbons (Fsp3) is 0.200. The molecule has 0 spiro atoms. The Hall–Kier alpha value is -6.42. The van der Waals surface area contributed by atoms with Gasteiger partial charge in [-0.3, -0.25) is 0 Å². The molecule has 0 bridgehead atoms. The molecule has 3 heteroatoms. The second kappa shape index (κ2) is 12.2. The molecule has 63 heavy (non-hydrogen) atoms. The summed E-state index contributed by atoms with van der Waals surface area (Å²) in [4.78, 5) is 5.11. The summed E-state index contributed by atoms with van der Waals surface area (Å²) in [6, 6.07) is 60.6. The van der Waals surface area contributed by atoms with Crippen molar-refractivity contribution in [2.45, 2.75) is 77.0 Å². The van der Waals surface area contributed by atoms with Crippen molar-refractivity contribution in [2.75, 3.05) is 9.80 Å². The molecule has 2 nitrogen and oxygen atoms in total. The average molecular weight is 831 g/mol. The van der Waals surface area contributed by atoms with Gasteiger partial charge in [0.2, 0.25) is 0 Å². The van der Waals surface area contributed by atoms with Crippen LogP contribution in [0.1, 0.15) is 99.9 Å². The molecule has 0 atom stereocenters. The van der Waals surface area contributed by atoms with Gasteiger partial charge in [-0.15, -0.1) is 11.3 Å². The molecule has 0 fully saturated rings. The van der Waals surface area contributed by atoms with Crippen LogP contribution in [0.2, 0.25) is 0 Å². The molecule has 9 aromatic rings. The maximum Gasteiger partial charge on any atom is 0.0544 e. The third kappa shape index (κ3) is 4.73. The van der Waals surface area contributed by atoms with E-state index in [1.165, 1.54) is 121 Å². The van der Waals surface area contributed by atoms with Gasteiger partial charge in [-0.2, -0.15) is 0 Å². The van der Waals surface area contributed by atoms with Gasteiger partial charge < -0.3 is 9.80 Å². The van der Waals surface area contributed by atoms with Gasteiger partial charge in [0.1, 0.15) is 0 Å². The Bertz CT molecular complexity index is 3090. The number of hydrogen-bond donors (Lipinski definition) is 0. The van der Waals surface area contributed by atoms with E-state index in [1.54, 1.807) is 0 Å². The highest BCUT2D eigenvalue weighted by Gasteiger charge is 2.47. The zero-order chi connectivity index (χ0) is 42.9. The summed E-state index contributed by atoms with van der Waals surface area (Å²) in [6.07, 6.45) is 0. The highest BCUT2D eigenvalue weighted by Crippen LogP contribution is 2.62. The second-order valence-corrected chi connectivity index (χ2v) is 21.7. The second-order valence-electron chi connectivity index (χ2n) is 20.6. The zero-order valence-corrected chi connectivity index (χ0v) is 38.1. The van der Waals surface area contributed by atoms with Gasteiger partial charge in [-0.1, -0.05) is 140 Å². The van der Waals surface area contributed by atoms with Crippen molar-refractivity contribution in [3.8, 4) is 22.3 Å². The van der Waals surface area contributed by atoms with Gasteiger partial charge in [-0.05, 0) is 140 Å². The van der Waals surface area contributed by atoms with Crippen LogP contribution >= 0.6 is 11.3 Å². The summed E-state index contributed by atoms with van der Waals surface area (Å²) in [5.41, 5.74) is 23.3. The Morgan fingerprint density at radius 3 is 0.889 bits per heavy atom. The van der Waals surface area contributed by atoms with Crippen LogP contribution in [0.4, 0.5) is 34.1 Å². The van der Waals surface area contributed by atoms with Crippen molar-refractivity contribution in [3.05, 3.63) is 202 Å². The third-order valence-corrected chi connectivity index (χ3v) is 16.9. The normalized spacial score (nSPS) is 17.3. The number of para-hydroxylation sites is 4. The quantitative estimate of drug-likeness (QED) is 0.171. The van der Waals surface area contributed by atoms with Gasteiger partial charge in [0, 0.05) is 41.8 Å². The van der Waals surface area contributed by atoms with E-state index in [4.69, 9.17) is 0 Å². The molecule has 0 unspecified atom stereocenters. The van der Waals surface area contributed by atoms with Crippen molar-refractivity contribution in [2.24, 2.45) is 0 Å². The van der Waals surface area contributed by atoms with Crippen molar-refractivity contribution in [3.63, 3.8) is 0 Å². The number of hydrogen-bond acceptors (Lipinski definition) is 3. The average Bonchev–Trinajstić information content (AvgIpc) is 3.66. The summed E-state index contributed by atoms with van der Waals surface area (Å²) in [5.74, 6) is 0. The van der Waals surface area contributed by atoms with Crippen LogP contribution in [0.15, 0.2) is 158 Å². The lowest BCUT2D eigenvalue weighted by Gasteiger charge is -2.49. The molecule has 1 aromatic heterocycles. The maximum absolute atomic E-state index is 2.55. The molecule has 0 N–H and O–H groups in total. The number of nitrogens with zero attached hydrogens (tertiary/aromatic N) is 2. The lowest BCUT2D eigenvalue weighted by atomic mass is 9.65. The largest absolute Gasteiger partial charge is 0.309 e. The minimum Gasteiger partial charge on any atom is -0.309 e. The minimum absolute atomic E-state index is 0.178. The molecule has 8 aromatic carbocycles. The van der Waals surface area contributed by atoms with Crippen LogP contribution in [-0.2, 0) is 21.7 Å². The Morgan fingerprint density at radius 2 is 0.587 bits per heavy atom. The maximum atomic E-state index is 2.55. The topological polar surface area (TPSA) is 6.48 Å². The first-order valence-corrected chi connectivity index (χ1v) is 23.4. The number of thiophene rings is 1. The van der Waals surface area contributed by atoms with Gasteiger partial charge in [0.05, 0.1) is 34.1 Å². The Kier molecular flexibility index (Phi) is 7.19. The standard InChI is InChI=1S/C60H50N2S/c1-57(2)41-17-9-13-21-49(41)61-50-22-14-10-18-42(50)58(3,4)46-32-37(31-45(57)55(46)61)35-25-27-53-39(29-35)40-30-36(26-28-54(40)63-53)38-33-47-56-48(34-38)60(7,8)44-20-12-16-24-52(44)62(56)51-23-15-11-19-43(51)59(47,5)6/h9-34H,1-8H3. The van der Waals surface area contributed by atoms with E-state index < -0.39 is 0 Å². The van der Waals surface area contributed by atoms with E-state index in [1.807, 2.05) is 11.3 Å². The van der Waals surface area contributed by atoms with E-state index in [-0.39, 0.29) is 21.7 Å². The first kappa shape index (κ1) is 37.2. The predicted molar refractivity (Wildman–Crippen MR) is 268 cm³/mol. The molecule has 5 heterocycles. The SMILES string of the molecule is CC1(C)c2ccccc2N2c3ccccc3C(C)(C)c3cc(-c4ccc5sc6ccc(-c7cc8c9c(c7)C(C)(C)c7ccccc7N9c7ccccc7C8(C)C)cc6c5c4)cc1c32. The van der Waals surface area contributed by atoms with Gasteiger partial charge in [-0.25, -0.2) is 0 Å². The Balaban J connectivity index is 0.995. The van der Waals surface area contributed by atoms with E-state index >= 15 is 0 Å². The molecular weight excluding hydrogens is 781 g/mol. The number of benzene rings is 8. The highest BCUT2D eigenvalue weighted by molar-refractivity contribution is 7.25. The fourth-order valence-electron chi connectivity index (χ4n) is 12.2. The fourth-order valence-corrected chi connectivity index (χ4v) is 13.3. The summed E-state index contributed by atoms with van der Waals surface area (Å²) in [6.45, 7) is 19.3. The third-order valence-electron chi connectivity index (χ3n) is 15.8. The lowest BCUT2D eigenvalue weighted by molar-refractivity contribution is 0.597. The smallest absolute Gasteiger partial charge is 0.0544 e. The van der Waals surface area contributed by atoms with Crippen LogP contribution in [0.5, 0.6) is 0 Å². The van der Waals surface area contributed by atoms with Crippen LogP contribution in [0, 0.1) is 0 Å². The van der Waals surface area contributed by atoms with Crippen molar-refractivity contribution >= 4 is 65.6 Å².